The van der Waals surface area contributed by atoms with Crippen molar-refractivity contribution < 1.29 is 4.79 Å². The molecule has 0 unspecified atom stereocenters. The van der Waals surface area contributed by atoms with Crippen LogP contribution in [-0.2, 0) is 4.79 Å². The van der Waals surface area contributed by atoms with Crippen molar-refractivity contribution in [3.63, 3.8) is 0 Å². The number of para-hydroxylation sites is 1. The molecule has 6 nitrogen and oxygen atoms in total. The Labute approximate surface area is 148 Å². The molecule has 3 rings (SSSR count). The minimum atomic E-state index is -0.0594. The van der Waals surface area contributed by atoms with Crippen LogP contribution in [0, 0.1) is 0 Å². The summed E-state index contributed by atoms with van der Waals surface area (Å²) in [5.74, 6) is -0.0594. The smallest absolute Gasteiger partial charge is 0.241 e. The third-order valence-corrected chi connectivity index (χ3v) is 4.26. The van der Waals surface area contributed by atoms with E-state index in [0.717, 1.165) is 38.3 Å². The molecule has 130 valence electrons. The van der Waals surface area contributed by atoms with Crippen LogP contribution in [0.15, 0.2) is 60.0 Å². The normalized spacial score (nSPS) is 15.4. The molecular formula is C19H23N5O. The van der Waals surface area contributed by atoms with E-state index in [-0.39, 0.29) is 5.91 Å². The summed E-state index contributed by atoms with van der Waals surface area (Å²) < 4.78 is 0. The fraction of sp³-hybridized carbons (Fsp3) is 0.316. The van der Waals surface area contributed by atoms with Gasteiger partial charge in [0, 0.05) is 57.2 Å². The van der Waals surface area contributed by atoms with E-state index in [1.54, 1.807) is 18.6 Å². The number of anilines is 1. The van der Waals surface area contributed by atoms with Gasteiger partial charge >= 0.3 is 0 Å². The van der Waals surface area contributed by atoms with E-state index >= 15 is 0 Å². The van der Waals surface area contributed by atoms with Gasteiger partial charge in [-0.3, -0.25) is 14.7 Å². The molecule has 0 aliphatic carbocycles. The van der Waals surface area contributed by atoms with Gasteiger partial charge < -0.3 is 4.90 Å². The molecule has 25 heavy (non-hydrogen) atoms. The van der Waals surface area contributed by atoms with Crippen LogP contribution >= 0.6 is 0 Å². The number of pyridine rings is 1. The summed E-state index contributed by atoms with van der Waals surface area (Å²) in [5.41, 5.74) is 4.76. The lowest BCUT2D eigenvalue weighted by atomic mass is 10.2. The van der Waals surface area contributed by atoms with Crippen LogP contribution in [0.3, 0.4) is 0 Å². The lowest BCUT2D eigenvalue weighted by molar-refractivity contribution is -0.121. The predicted octanol–water partition coefficient (Wildman–Crippen LogP) is 1.74. The summed E-state index contributed by atoms with van der Waals surface area (Å²) in [6.07, 6.45) is 5.47. The van der Waals surface area contributed by atoms with Gasteiger partial charge in [0.25, 0.3) is 0 Å². The minimum Gasteiger partial charge on any atom is -0.369 e. The lowest BCUT2D eigenvalue weighted by Gasteiger charge is -2.36. The summed E-state index contributed by atoms with van der Waals surface area (Å²) in [6.45, 7) is 4.70. The molecule has 0 atom stereocenters. The number of carbonyl (C=O) groups is 1. The molecule has 1 aliphatic heterocycles. The molecule has 2 heterocycles. The predicted molar refractivity (Wildman–Crippen MR) is 99.7 cm³/mol. The number of hydrogen-bond donors (Lipinski definition) is 1. The second kappa shape index (κ2) is 8.94. The Morgan fingerprint density at radius 2 is 1.80 bits per heavy atom. The third kappa shape index (κ3) is 5.39. The SMILES string of the molecule is O=C(CCN1CCN(c2ccccc2)CC1)N/N=C\c1ccncc1. The number of aromatic nitrogens is 1. The first kappa shape index (κ1) is 17.1. The number of nitrogens with zero attached hydrogens (tertiary/aromatic N) is 4. The zero-order valence-electron chi connectivity index (χ0n) is 14.2. The Morgan fingerprint density at radius 1 is 1.08 bits per heavy atom. The van der Waals surface area contributed by atoms with Crippen LogP contribution in [0.1, 0.15) is 12.0 Å². The first-order valence-corrected chi connectivity index (χ1v) is 8.55. The Balaban J connectivity index is 1.35. The van der Waals surface area contributed by atoms with E-state index in [0.29, 0.717) is 6.42 Å². The van der Waals surface area contributed by atoms with Gasteiger partial charge in [0.05, 0.1) is 6.21 Å². The summed E-state index contributed by atoms with van der Waals surface area (Å²) >= 11 is 0. The quantitative estimate of drug-likeness (QED) is 0.644. The van der Waals surface area contributed by atoms with Crippen molar-refractivity contribution >= 4 is 17.8 Å². The van der Waals surface area contributed by atoms with Crippen molar-refractivity contribution in [2.75, 3.05) is 37.6 Å². The van der Waals surface area contributed by atoms with Crippen LogP contribution in [0.25, 0.3) is 0 Å². The Morgan fingerprint density at radius 3 is 2.52 bits per heavy atom. The molecule has 2 aromatic rings. The number of hydrazone groups is 1. The summed E-state index contributed by atoms with van der Waals surface area (Å²) in [4.78, 5) is 20.5. The molecule has 0 saturated carbocycles. The zero-order valence-corrected chi connectivity index (χ0v) is 14.2. The van der Waals surface area contributed by atoms with Crippen molar-refractivity contribution in [3.05, 3.63) is 60.4 Å². The van der Waals surface area contributed by atoms with Gasteiger partial charge in [-0.1, -0.05) is 18.2 Å². The van der Waals surface area contributed by atoms with E-state index in [2.05, 4.69) is 49.6 Å². The van der Waals surface area contributed by atoms with E-state index in [4.69, 9.17) is 0 Å². The van der Waals surface area contributed by atoms with Crippen molar-refractivity contribution in [1.82, 2.24) is 15.3 Å². The molecule has 1 amide bonds. The average molecular weight is 337 g/mol. The Kier molecular flexibility index (Phi) is 6.11. The number of nitrogens with one attached hydrogen (secondary N) is 1. The summed E-state index contributed by atoms with van der Waals surface area (Å²) in [6, 6.07) is 14.1. The fourth-order valence-corrected chi connectivity index (χ4v) is 2.81. The number of piperazine rings is 1. The summed E-state index contributed by atoms with van der Waals surface area (Å²) in [5, 5.41) is 3.98. The maximum Gasteiger partial charge on any atom is 0.241 e. The lowest BCUT2D eigenvalue weighted by Crippen LogP contribution is -2.47. The number of benzene rings is 1. The highest BCUT2D eigenvalue weighted by Gasteiger charge is 2.17. The monoisotopic (exact) mass is 337 g/mol. The van der Waals surface area contributed by atoms with Crippen molar-refractivity contribution in [2.24, 2.45) is 5.10 Å². The van der Waals surface area contributed by atoms with Gasteiger partial charge in [-0.2, -0.15) is 5.10 Å². The highest BCUT2D eigenvalue weighted by molar-refractivity contribution is 5.82. The van der Waals surface area contributed by atoms with E-state index in [1.807, 2.05) is 18.2 Å². The van der Waals surface area contributed by atoms with Gasteiger partial charge in [0.2, 0.25) is 5.91 Å². The van der Waals surface area contributed by atoms with Crippen LogP contribution in [0.4, 0.5) is 5.69 Å². The molecule has 0 bridgehead atoms. The van der Waals surface area contributed by atoms with E-state index in [9.17, 15) is 4.79 Å². The van der Waals surface area contributed by atoms with Crippen LogP contribution in [0.5, 0.6) is 0 Å². The third-order valence-electron chi connectivity index (χ3n) is 4.26. The zero-order chi connectivity index (χ0) is 17.3. The Bertz CT molecular complexity index is 681. The van der Waals surface area contributed by atoms with Crippen molar-refractivity contribution in [1.29, 1.82) is 0 Å². The van der Waals surface area contributed by atoms with Crippen LogP contribution < -0.4 is 10.3 Å². The summed E-state index contributed by atoms with van der Waals surface area (Å²) in [7, 11) is 0. The maximum atomic E-state index is 11.9. The number of carbonyl (C=O) groups excluding carboxylic acids is 1. The first-order chi connectivity index (χ1) is 12.3. The molecule has 1 fully saturated rings. The van der Waals surface area contributed by atoms with E-state index in [1.165, 1.54) is 5.69 Å². The molecule has 1 saturated heterocycles. The first-order valence-electron chi connectivity index (χ1n) is 8.55. The highest BCUT2D eigenvalue weighted by atomic mass is 16.2. The topological polar surface area (TPSA) is 60.8 Å². The Hall–Kier alpha value is -2.73. The second-order valence-corrected chi connectivity index (χ2v) is 5.99. The minimum absolute atomic E-state index is 0.0594. The van der Waals surface area contributed by atoms with Crippen molar-refractivity contribution in [2.45, 2.75) is 6.42 Å². The standard InChI is InChI=1S/C19H23N5O/c25-19(22-21-16-17-6-9-20-10-7-17)8-11-23-12-14-24(15-13-23)18-4-2-1-3-5-18/h1-7,9-10,16H,8,11-15H2,(H,22,25)/b21-16-. The van der Waals surface area contributed by atoms with Gasteiger partial charge in [-0.25, -0.2) is 5.43 Å². The number of amides is 1. The molecule has 1 aromatic heterocycles. The highest BCUT2D eigenvalue weighted by Crippen LogP contribution is 2.15. The van der Waals surface area contributed by atoms with Gasteiger partial charge in [0.15, 0.2) is 0 Å². The average Bonchev–Trinajstić information content (AvgIpc) is 2.68. The molecule has 0 spiro atoms. The van der Waals surface area contributed by atoms with Crippen molar-refractivity contribution in [3.8, 4) is 0 Å². The molecule has 6 heteroatoms. The van der Waals surface area contributed by atoms with Gasteiger partial charge in [-0.15, -0.1) is 0 Å². The van der Waals surface area contributed by atoms with Crippen LogP contribution in [-0.4, -0.2) is 54.7 Å². The van der Waals surface area contributed by atoms with Crippen LogP contribution in [0.2, 0.25) is 0 Å². The number of hydrogen-bond acceptors (Lipinski definition) is 5. The van der Waals surface area contributed by atoms with E-state index < -0.39 is 0 Å². The molecule has 1 aromatic carbocycles. The van der Waals surface area contributed by atoms with Gasteiger partial charge in [-0.05, 0) is 29.8 Å². The fourth-order valence-electron chi connectivity index (χ4n) is 2.81. The number of rotatable bonds is 6. The maximum absolute atomic E-state index is 11.9. The second-order valence-electron chi connectivity index (χ2n) is 5.99. The largest absolute Gasteiger partial charge is 0.369 e. The van der Waals surface area contributed by atoms with Gasteiger partial charge in [0.1, 0.15) is 0 Å². The molecular weight excluding hydrogens is 314 g/mol. The molecule has 0 radical (unpaired) electrons. The molecule has 1 aliphatic rings. The molecule has 1 N–H and O–H groups in total.